The number of anilines is 4. The van der Waals surface area contributed by atoms with Gasteiger partial charge < -0.3 is 16.0 Å². The minimum absolute atomic E-state index is 0.250. The first-order chi connectivity index (χ1) is 14.2. The molecule has 1 fully saturated rings. The third-order valence-corrected chi connectivity index (χ3v) is 5.23. The number of aryl methyl sites for hydroxylation is 1. The van der Waals surface area contributed by atoms with Crippen molar-refractivity contribution in [2.24, 2.45) is 0 Å². The first kappa shape index (κ1) is 19.1. The summed E-state index contributed by atoms with van der Waals surface area (Å²) >= 11 is 0. The fourth-order valence-electron chi connectivity index (χ4n) is 3.57. The summed E-state index contributed by atoms with van der Waals surface area (Å²) in [6.45, 7) is 6.91. The highest BCUT2D eigenvalue weighted by Crippen LogP contribution is 2.15. The van der Waals surface area contributed by atoms with Crippen molar-refractivity contribution in [1.82, 2.24) is 15.0 Å². The predicted molar refractivity (Wildman–Crippen MR) is 113 cm³/mol. The number of hydrogen-bond acceptors (Lipinski definition) is 6. The largest absolute Gasteiger partial charge is 0.368 e. The second-order valence-corrected chi connectivity index (χ2v) is 7.27. The number of rotatable bonds is 6. The van der Waals surface area contributed by atoms with Gasteiger partial charge in [-0.15, -0.1) is 0 Å². The van der Waals surface area contributed by atoms with Gasteiger partial charge in [0, 0.05) is 11.8 Å². The number of hydrogen-bond donors (Lipinski definition) is 3. The molecule has 4 rings (SSSR count). The topological polar surface area (TPSA) is 98.5 Å². The quantitative estimate of drug-likeness (QED) is 0.564. The second-order valence-electron chi connectivity index (χ2n) is 7.27. The molecule has 0 amide bonds. The van der Waals surface area contributed by atoms with Crippen LogP contribution in [0.2, 0.25) is 0 Å². The van der Waals surface area contributed by atoms with Gasteiger partial charge in [0.05, 0.1) is 6.20 Å². The summed E-state index contributed by atoms with van der Waals surface area (Å²) in [5, 5.41) is 3.24. The maximum Gasteiger partial charge on any atom is 0.274 e. The molecule has 1 aliphatic rings. The van der Waals surface area contributed by atoms with Crippen molar-refractivity contribution in [2.45, 2.75) is 19.9 Å². The van der Waals surface area contributed by atoms with E-state index in [4.69, 9.17) is 5.73 Å². The van der Waals surface area contributed by atoms with Gasteiger partial charge in [-0.25, -0.2) is 4.98 Å². The molecule has 3 aromatic rings. The standard InChI is InChI=1S/C21H26N8/c1-2-16-6-8-17(9-7-16)24-21-26-18(25-20(22)27-21)15-28-11-13-29(14-12-28)19-5-3-4-10-23-19/h3-10H,2,11-15H2,1H3,(H3,22,24,25,26,27)/p+2. The number of quaternary nitrogens is 1. The van der Waals surface area contributed by atoms with Gasteiger partial charge in [0.15, 0.2) is 5.82 Å². The highest BCUT2D eigenvalue weighted by atomic mass is 15.3. The molecule has 8 nitrogen and oxygen atoms in total. The van der Waals surface area contributed by atoms with Gasteiger partial charge >= 0.3 is 0 Å². The van der Waals surface area contributed by atoms with Crippen LogP contribution in [0.4, 0.5) is 23.4 Å². The van der Waals surface area contributed by atoms with E-state index in [0.29, 0.717) is 5.95 Å². The summed E-state index contributed by atoms with van der Waals surface area (Å²) in [7, 11) is 0. The molecule has 0 aliphatic carbocycles. The van der Waals surface area contributed by atoms with Gasteiger partial charge in [-0.05, 0) is 30.2 Å². The number of H-pyrrole nitrogens is 1. The SMILES string of the molecule is CCc1ccc(Nc2nc(N)nc(C[NH+]3CCN(c4cccc[nH+]4)CC3)n2)cc1. The van der Waals surface area contributed by atoms with Crippen molar-refractivity contribution in [3.8, 4) is 0 Å². The molecule has 1 aliphatic heterocycles. The Morgan fingerprint density at radius 2 is 1.86 bits per heavy atom. The minimum atomic E-state index is 0.250. The fraction of sp³-hybridized carbons (Fsp3) is 0.333. The van der Waals surface area contributed by atoms with Crippen molar-refractivity contribution >= 4 is 23.4 Å². The lowest BCUT2D eigenvalue weighted by Gasteiger charge is -2.27. The smallest absolute Gasteiger partial charge is 0.274 e. The molecule has 29 heavy (non-hydrogen) atoms. The average Bonchev–Trinajstić information content (AvgIpc) is 2.75. The molecular formula is C21H28N8+2. The molecular weight excluding hydrogens is 364 g/mol. The molecule has 0 bridgehead atoms. The van der Waals surface area contributed by atoms with Gasteiger partial charge in [0.25, 0.3) is 5.82 Å². The summed E-state index contributed by atoms with van der Waals surface area (Å²) < 4.78 is 0. The lowest BCUT2D eigenvalue weighted by atomic mass is 10.1. The Bertz CT molecular complexity index is 921. The van der Waals surface area contributed by atoms with Gasteiger partial charge in [-0.2, -0.15) is 15.0 Å². The number of aromatic amines is 1. The summed E-state index contributed by atoms with van der Waals surface area (Å²) in [6, 6.07) is 14.4. The van der Waals surface area contributed by atoms with Crippen molar-refractivity contribution in [3.63, 3.8) is 0 Å². The van der Waals surface area contributed by atoms with E-state index in [-0.39, 0.29) is 5.95 Å². The normalized spacial score (nSPS) is 14.7. The van der Waals surface area contributed by atoms with Gasteiger partial charge in [-0.3, -0.25) is 4.90 Å². The van der Waals surface area contributed by atoms with Crippen molar-refractivity contribution in [1.29, 1.82) is 0 Å². The maximum atomic E-state index is 5.94. The Labute approximate surface area is 170 Å². The van der Waals surface area contributed by atoms with E-state index in [1.807, 2.05) is 24.4 Å². The maximum absolute atomic E-state index is 5.94. The van der Waals surface area contributed by atoms with Crippen LogP contribution in [0.1, 0.15) is 18.3 Å². The predicted octanol–water partition coefficient (Wildman–Crippen LogP) is 0.479. The molecule has 2 aromatic heterocycles. The van der Waals surface area contributed by atoms with Gasteiger partial charge in [-0.1, -0.05) is 25.1 Å². The van der Waals surface area contributed by atoms with Crippen LogP contribution in [0.5, 0.6) is 0 Å². The molecule has 0 spiro atoms. The number of nitrogen functional groups attached to an aromatic ring is 1. The van der Waals surface area contributed by atoms with Crippen LogP contribution in [0.15, 0.2) is 48.7 Å². The second kappa shape index (κ2) is 8.83. The van der Waals surface area contributed by atoms with E-state index >= 15 is 0 Å². The van der Waals surface area contributed by atoms with Crippen LogP contribution < -0.4 is 25.8 Å². The van der Waals surface area contributed by atoms with Crippen LogP contribution in [-0.4, -0.2) is 41.1 Å². The van der Waals surface area contributed by atoms with E-state index in [1.54, 1.807) is 0 Å². The van der Waals surface area contributed by atoms with Gasteiger partial charge in [0.2, 0.25) is 11.9 Å². The van der Waals surface area contributed by atoms with Crippen molar-refractivity contribution < 1.29 is 9.88 Å². The molecule has 0 unspecified atom stereocenters. The van der Waals surface area contributed by atoms with E-state index in [2.05, 4.69) is 61.3 Å². The third-order valence-electron chi connectivity index (χ3n) is 5.23. The molecule has 3 heterocycles. The van der Waals surface area contributed by atoms with Crippen molar-refractivity contribution in [3.05, 3.63) is 60.0 Å². The zero-order valence-corrected chi connectivity index (χ0v) is 16.7. The number of nitrogens with two attached hydrogens (primary N) is 1. The Balaban J connectivity index is 1.38. The molecule has 1 aromatic carbocycles. The van der Waals surface area contributed by atoms with Crippen LogP contribution >= 0.6 is 0 Å². The fourth-order valence-corrected chi connectivity index (χ4v) is 3.57. The molecule has 1 saturated heterocycles. The zero-order valence-electron chi connectivity index (χ0n) is 16.7. The van der Waals surface area contributed by atoms with Gasteiger partial charge in [0.1, 0.15) is 32.7 Å². The lowest BCUT2D eigenvalue weighted by Crippen LogP contribution is -3.13. The Morgan fingerprint density at radius 1 is 1.07 bits per heavy atom. The van der Waals surface area contributed by atoms with Crippen molar-refractivity contribution in [2.75, 3.05) is 42.1 Å². The highest BCUT2D eigenvalue weighted by Gasteiger charge is 2.26. The number of piperazine rings is 1. The van der Waals surface area contributed by atoms with Crippen LogP contribution in [0, 0.1) is 0 Å². The molecule has 0 saturated carbocycles. The summed E-state index contributed by atoms with van der Waals surface area (Å²) in [4.78, 5) is 20.3. The first-order valence-corrected chi connectivity index (χ1v) is 10.1. The van der Waals surface area contributed by atoms with E-state index < -0.39 is 0 Å². The number of nitrogens with zero attached hydrogens (tertiary/aromatic N) is 4. The van der Waals surface area contributed by atoms with Crippen LogP contribution in [-0.2, 0) is 13.0 Å². The summed E-state index contributed by atoms with van der Waals surface area (Å²) in [5.74, 6) is 2.63. The zero-order chi connectivity index (χ0) is 20.1. The van der Waals surface area contributed by atoms with E-state index in [9.17, 15) is 0 Å². The Hall–Kier alpha value is -3.26. The third kappa shape index (κ3) is 4.97. The molecule has 150 valence electrons. The van der Waals surface area contributed by atoms with E-state index in [1.165, 1.54) is 10.5 Å². The molecule has 0 radical (unpaired) electrons. The minimum Gasteiger partial charge on any atom is -0.368 e. The highest BCUT2D eigenvalue weighted by molar-refractivity contribution is 5.54. The number of pyridine rings is 1. The Morgan fingerprint density at radius 3 is 2.55 bits per heavy atom. The summed E-state index contributed by atoms with van der Waals surface area (Å²) in [5.41, 5.74) is 8.18. The Kier molecular flexibility index (Phi) is 5.81. The lowest BCUT2D eigenvalue weighted by molar-refractivity contribution is -0.915. The molecule has 8 heteroatoms. The number of aromatic nitrogens is 4. The number of benzene rings is 1. The summed E-state index contributed by atoms with van der Waals surface area (Å²) in [6.07, 6.45) is 2.98. The number of nitrogens with one attached hydrogen (secondary N) is 3. The van der Waals surface area contributed by atoms with E-state index in [0.717, 1.165) is 56.5 Å². The van der Waals surface area contributed by atoms with Crippen LogP contribution in [0.25, 0.3) is 0 Å². The monoisotopic (exact) mass is 392 g/mol. The first-order valence-electron chi connectivity index (χ1n) is 10.1. The van der Waals surface area contributed by atoms with Crippen LogP contribution in [0.3, 0.4) is 0 Å². The molecule has 0 atom stereocenters. The average molecular weight is 393 g/mol. The molecule has 5 N–H and O–H groups in total.